The molecule has 17 heavy (non-hydrogen) atoms. The summed E-state index contributed by atoms with van der Waals surface area (Å²) in [7, 11) is 1.42. The average molecular weight is 260 g/mol. The Kier molecular flexibility index (Phi) is 4.51. The molecule has 1 aromatic heterocycles. The maximum absolute atomic E-state index is 11.0. The van der Waals surface area contributed by atoms with Gasteiger partial charge >= 0.3 is 12.0 Å². The zero-order chi connectivity index (χ0) is 13.0. The van der Waals surface area contributed by atoms with Crippen molar-refractivity contribution in [1.82, 2.24) is 9.97 Å². The van der Waals surface area contributed by atoms with Gasteiger partial charge in [-0.25, -0.2) is 9.78 Å². The molecule has 0 spiro atoms. The second-order valence-electron chi connectivity index (χ2n) is 3.76. The van der Waals surface area contributed by atoms with Crippen LogP contribution in [0.5, 0.6) is 6.01 Å². The summed E-state index contributed by atoms with van der Waals surface area (Å²) in [6, 6.07) is -0.642. The van der Waals surface area contributed by atoms with Crippen molar-refractivity contribution in [3.63, 3.8) is 0 Å². The Hall–Kier alpha value is -1.56. The molecule has 0 aliphatic carbocycles. The molecule has 0 aromatic carbocycles. The SMILES string of the molecule is COc1ncc(Cl)c(N[C@H](C(=O)O)C(C)C)n1. The molecule has 2 N–H and O–H groups in total. The van der Waals surface area contributed by atoms with E-state index >= 15 is 0 Å². The molecule has 0 saturated heterocycles. The van der Waals surface area contributed by atoms with E-state index in [9.17, 15) is 4.79 Å². The van der Waals surface area contributed by atoms with Crippen molar-refractivity contribution in [3.8, 4) is 6.01 Å². The minimum atomic E-state index is -0.964. The Morgan fingerprint density at radius 3 is 2.71 bits per heavy atom. The van der Waals surface area contributed by atoms with E-state index in [1.165, 1.54) is 13.3 Å². The Labute approximate surface area is 104 Å². The molecule has 0 aliphatic rings. The number of methoxy groups -OCH3 is 1. The summed E-state index contributed by atoms with van der Waals surface area (Å²) in [5.74, 6) is -0.821. The van der Waals surface area contributed by atoms with E-state index < -0.39 is 12.0 Å². The topological polar surface area (TPSA) is 84.3 Å². The number of rotatable bonds is 5. The summed E-state index contributed by atoms with van der Waals surface area (Å²) in [6.07, 6.45) is 1.36. The molecule has 1 aromatic rings. The molecular weight excluding hydrogens is 246 g/mol. The smallest absolute Gasteiger partial charge is 0.326 e. The number of hydrogen-bond donors (Lipinski definition) is 2. The summed E-state index contributed by atoms with van der Waals surface area (Å²) in [5, 5.41) is 12.0. The number of halogens is 1. The van der Waals surface area contributed by atoms with Crippen LogP contribution >= 0.6 is 11.6 Å². The molecule has 1 rings (SSSR count). The van der Waals surface area contributed by atoms with Gasteiger partial charge in [-0.1, -0.05) is 25.4 Å². The zero-order valence-electron chi connectivity index (χ0n) is 9.77. The second kappa shape index (κ2) is 5.67. The van der Waals surface area contributed by atoms with Crippen LogP contribution in [0.4, 0.5) is 5.82 Å². The van der Waals surface area contributed by atoms with Gasteiger partial charge in [0.25, 0.3) is 0 Å². The van der Waals surface area contributed by atoms with Crippen molar-refractivity contribution in [2.45, 2.75) is 19.9 Å². The average Bonchev–Trinajstić information content (AvgIpc) is 2.27. The lowest BCUT2D eigenvalue weighted by molar-refractivity contribution is -0.138. The molecule has 0 aliphatic heterocycles. The van der Waals surface area contributed by atoms with Crippen LogP contribution in [0, 0.1) is 5.92 Å². The third-order valence-electron chi connectivity index (χ3n) is 2.13. The number of carboxylic acid groups (broad SMARTS) is 1. The highest BCUT2D eigenvalue weighted by Crippen LogP contribution is 2.22. The second-order valence-corrected chi connectivity index (χ2v) is 4.16. The fraction of sp³-hybridized carbons (Fsp3) is 0.500. The molecule has 0 bridgehead atoms. The van der Waals surface area contributed by atoms with Crippen LogP contribution in [0.25, 0.3) is 0 Å². The van der Waals surface area contributed by atoms with E-state index in [-0.39, 0.29) is 22.8 Å². The molecule has 94 valence electrons. The monoisotopic (exact) mass is 259 g/mol. The summed E-state index contributed by atoms with van der Waals surface area (Å²) in [6.45, 7) is 3.58. The maximum atomic E-state index is 11.0. The van der Waals surface area contributed by atoms with Crippen LogP contribution in [0.1, 0.15) is 13.8 Å². The third-order valence-corrected chi connectivity index (χ3v) is 2.41. The van der Waals surface area contributed by atoms with Gasteiger partial charge in [-0.3, -0.25) is 0 Å². The summed E-state index contributed by atoms with van der Waals surface area (Å²) in [5.41, 5.74) is 0. The molecule has 7 heteroatoms. The molecule has 1 atom stereocenters. The largest absolute Gasteiger partial charge is 0.480 e. The first-order valence-corrected chi connectivity index (χ1v) is 5.39. The van der Waals surface area contributed by atoms with Gasteiger partial charge in [-0.05, 0) is 5.92 Å². The number of carboxylic acids is 1. The van der Waals surface area contributed by atoms with E-state index in [1.807, 2.05) is 0 Å². The lowest BCUT2D eigenvalue weighted by atomic mass is 10.1. The fourth-order valence-corrected chi connectivity index (χ4v) is 1.36. The summed E-state index contributed by atoms with van der Waals surface area (Å²) >= 11 is 5.87. The highest BCUT2D eigenvalue weighted by Gasteiger charge is 2.22. The highest BCUT2D eigenvalue weighted by molar-refractivity contribution is 6.32. The number of hydrogen-bond acceptors (Lipinski definition) is 5. The van der Waals surface area contributed by atoms with Crippen molar-refractivity contribution in [3.05, 3.63) is 11.2 Å². The minimum absolute atomic E-state index is 0.107. The molecule has 0 fully saturated rings. The summed E-state index contributed by atoms with van der Waals surface area (Å²) in [4.78, 5) is 18.8. The first-order chi connectivity index (χ1) is 7.95. The first-order valence-electron chi connectivity index (χ1n) is 5.01. The van der Waals surface area contributed by atoms with Gasteiger partial charge in [-0.2, -0.15) is 4.98 Å². The van der Waals surface area contributed by atoms with E-state index in [2.05, 4.69) is 15.3 Å². The van der Waals surface area contributed by atoms with Crippen molar-refractivity contribution >= 4 is 23.4 Å². The van der Waals surface area contributed by atoms with Crippen LogP contribution in [-0.2, 0) is 4.79 Å². The molecule has 6 nitrogen and oxygen atoms in total. The first kappa shape index (κ1) is 13.5. The maximum Gasteiger partial charge on any atom is 0.326 e. The van der Waals surface area contributed by atoms with Crippen LogP contribution < -0.4 is 10.1 Å². The molecule has 0 radical (unpaired) electrons. The Morgan fingerprint density at radius 1 is 1.59 bits per heavy atom. The number of ether oxygens (including phenoxy) is 1. The number of aromatic nitrogens is 2. The molecule has 0 saturated carbocycles. The van der Waals surface area contributed by atoms with Gasteiger partial charge in [0.05, 0.1) is 13.3 Å². The number of anilines is 1. The minimum Gasteiger partial charge on any atom is -0.480 e. The lowest BCUT2D eigenvalue weighted by Crippen LogP contribution is -2.34. The molecule has 0 unspecified atom stereocenters. The molecule has 1 heterocycles. The molecular formula is C10H14ClN3O3. The molecule has 0 amide bonds. The van der Waals surface area contributed by atoms with Gasteiger partial charge in [0.1, 0.15) is 11.1 Å². The van der Waals surface area contributed by atoms with Crippen molar-refractivity contribution in [2.24, 2.45) is 5.92 Å². The Morgan fingerprint density at radius 2 is 2.24 bits per heavy atom. The number of aliphatic carboxylic acids is 1. The Balaban J connectivity index is 2.96. The van der Waals surface area contributed by atoms with Gasteiger partial charge in [-0.15, -0.1) is 0 Å². The normalized spacial score (nSPS) is 12.3. The van der Waals surface area contributed by atoms with Crippen LogP contribution in [0.15, 0.2) is 6.20 Å². The number of nitrogens with zero attached hydrogens (tertiary/aromatic N) is 2. The van der Waals surface area contributed by atoms with Crippen LogP contribution in [-0.4, -0.2) is 34.2 Å². The standard InChI is InChI=1S/C10H14ClN3O3/c1-5(2)7(9(15)16)13-8-6(11)4-12-10(14-8)17-3/h4-5,7H,1-3H3,(H,15,16)(H,12,13,14)/t7-/m0/s1. The van der Waals surface area contributed by atoms with Crippen molar-refractivity contribution in [2.75, 3.05) is 12.4 Å². The van der Waals surface area contributed by atoms with Gasteiger partial charge in [0, 0.05) is 0 Å². The number of nitrogens with one attached hydrogen (secondary N) is 1. The Bertz CT molecular complexity index is 412. The summed E-state index contributed by atoms with van der Waals surface area (Å²) < 4.78 is 4.84. The van der Waals surface area contributed by atoms with Crippen molar-refractivity contribution in [1.29, 1.82) is 0 Å². The predicted molar refractivity (Wildman–Crippen MR) is 63.5 cm³/mol. The quantitative estimate of drug-likeness (QED) is 0.837. The zero-order valence-corrected chi connectivity index (χ0v) is 10.5. The third kappa shape index (κ3) is 3.45. The van der Waals surface area contributed by atoms with Crippen molar-refractivity contribution < 1.29 is 14.6 Å². The fourth-order valence-electron chi connectivity index (χ4n) is 1.21. The van der Waals surface area contributed by atoms with Gasteiger partial charge in [0.15, 0.2) is 5.82 Å². The van der Waals surface area contributed by atoms with E-state index in [0.717, 1.165) is 0 Å². The van der Waals surface area contributed by atoms with Gasteiger partial charge in [0.2, 0.25) is 0 Å². The predicted octanol–water partition coefficient (Wildman–Crippen LogP) is 1.66. The number of carbonyl (C=O) groups is 1. The lowest BCUT2D eigenvalue weighted by Gasteiger charge is -2.19. The van der Waals surface area contributed by atoms with E-state index in [0.29, 0.717) is 0 Å². The highest BCUT2D eigenvalue weighted by atomic mass is 35.5. The van der Waals surface area contributed by atoms with Crippen LogP contribution in [0.3, 0.4) is 0 Å². The van der Waals surface area contributed by atoms with Crippen LogP contribution in [0.2, 0.25) is 5.02 Å². The van der Waals surface area contributed by atoms with E-state index in [1.54, 1.807) is 13.8 Å². The van der Waals surface area contributed by atoms with E-state index in [4.69, 9.17) is 21.4 Å². The van der Waals surface area contributed by atoms with Gasteiger partial charge < -0.3 is 15.2 Å².